The van der Waals surface area contributed by atoms with Crippen LogP contribution in [0.4, 0.5) is 5.69 Å². The molecule has 1 aromatic rings. The molecule has 0 unspecified atom stereocenters. The highest BCUT2D eigenvalue weighted by atomic mass is 16.6. The van der Waals surface area contributed by atoms with E-state index in [-0.39, 0.29) is 5.69 Å². The SMILES string of the molecule is C=Cc1cc([N+](=O)[O-])cc(/C=C/COCC)c1C. The number of ether oxygens (including phenoxy) is 1. The van der Waals surface area contributed by atoms with Crippen molar-refractivity contribution in [3.05, 3.63) is 51.6 Å². The fraction of sp³-hybridized carbons (Fsp3) is 0.286. The first kappa shape index (κ1) is 14.1. The van der Waals surface area contributed by atoms with Crippen LogP contribution in [0.2, 0.25) is 0 Å². The van der Waals surface area contributed by atoms with Crippen LogP contribution >= 0.6 is 0 Å². The molecule has 1 aromatic carbocycles. The van der Waals surface area contributed by atoms with Crippen LogP contribution in [0.3, 0.4) is 0 Å². The molecule has 0 aliphatic carbocycles. The number of non-ortho nitro benzene ring substituents is 1. The van der Waals surface area contributed by atoms with Gasteiger partial charge in [0, 0.05) is 18.7 Å². The van der Waals surface area contributed by atoms with Crippen molar-refractivity contribution in [3.63, 3.8) is 0 Å². The molecular weight excluding hydrogens is 230 g/mol. The fourth-order valence-electron chi connectivity index (χ4n) is 1.59. The molecule has 0 aromatic heterocycles. The molecule has 96 valence electrons. The summed E-state index contributed by atoms with van der Waals surface area (Å²) in [5.41, 5.74) is 2.65. The molecule has 4 heteroatoms. The summed E-state index contributed by atoms with van der Waals surface area (Å²) in [6.45, 7) is 8.66. The minimum Gasteiger partial charge on any atom is -0.378 e. The number of nitrogens with zero attached hydrogens (tertiary/aromatic N) is 1. The zero-order valence-corrected chi connectivity index (χ0v) is 10.7. The molecule has 18 heavy (non-hydrogen) atoms. The van der Waals surface area contributed by atoms with Crippen LogP contribution in [0.5, 0.6) is 0 Å². The summed E-state index contributed by atoms with van der Waals surface area (Å²) in [6.07, 6.45) is 5.32. The van der Waals surface area contributed by atoms with Crippen LogP contribution < -0.4 is 0 Å². The molecule has 1 rings (SSSR count). The van der Waals surface area contributed by atoms with Crippen LogP contribution in [0, 0.1) is 17.0 Å². The summed E-state index contributed by atoms with van der Waals surface area (Å²) in [5.74, 6) is 0. The Balaban J connectivity index is 3.09. The van der Waals surface area contributed by atoms with Gasteiger partial charge in [-0.25, -0.2) is 0 Å². The number of nitro groups is 1. The van der Waals surface area contributed by atoms with Gasteiger partial charge in [0.1, 0.15) is 0 Å². The minimum absolute atomic E-state index is 0.0755. The highest BCUT2D eigenvalue weighted by Crippen LogP contribution is 2.24. The second kappa shape index (κ2) is 6.71. The van der Waals surface area contributed by atoms with Crippen molar-refractivity contribution in [1.82, 2.24) is 0 Å². The molecule has 0 radical (unpaired) electrons. The van der Waals surface area contributed by atoms with Crippen LogP contribution in [-0.4, -0.2) is 18.1 Å². The predicted molar refractivity (Wildman–Crippen MR) is 73.5 cm³/mol. The Morgan fingerprint density at radius 2 is 2.11 bits per heavy atom. The van der Waals surface area contributed by atoms with E-state index in [9.17, 15) is 10.1 Å². The van der Waals surface area contributed by atoms with Gasteiger partial charge in [0.05, 0.1) is 11.5 Å². The standard InChI is InChI=1S/C14H17NO3/c1-4-12-9-14(15(16)17)10-13(11(12)3)7-6-8-18-5-2/h4,6-7,9-10H,1,5,8H2,2-3H3/b7-6+. The van der Waals surface area contributed by atoms with Crippen LogP contribution in [0.1, 0.15) is 23.6 Å². The van der Waals surface area contributed by atoms with Crippen molar-refractivity contribution in [2.24, 2.45) is 0 Å². The van der Waals surface area contributed by atoms with Gasteiger partial charge in [0.2, 0.25) is 0 Å². The van der Waals surface area contributed by atoms with Gasteiger partial charge in [-0.2, -0.15) is 0 Å². The maximum absolute atomic E-state index is 10.8. The summed E-state index contributed by atoms with van der Waals surface area (Å²) >= 11 is 0. The molecule has 0 amide bonds. The Bertz CT molecular complexity index is 478. The first-order valence-corrected chi connectivity index (χ1v) is 5.76. The molecular formula is C14H17NO3. The van der Waals surface area contributed by atoms with E-state index in [1.165, 1.54) is 6.07 Å². The Labute approximate surface area is 107 Å². The molecule has 0 aliphatic rings. The van der Waals surface area contributed by atoms with Gasteiger partial charge < -0.3 is 4.74 Å². The molecule has 0 fully saturated rings. The lowest BCUT2D eigenvalue weighted by Crippen LogP contribution is -1.94. The van der Waals surface area contributed by atoms with Gasteiger partial charge in [0.15, 0.2) is 0 Å². The molecule has 0 aliphatic heterocycles. The highest BCUT2D eigenvalue weighted by molar-refractivity contribution is 5.66. The van der Waals surface area contributed by atoms with E-state index < -0.39 is 4.92 Å². The summed E-state index contributed by atoms with van der Waals surface area (Å²) in [7, 11) is 0. The van der Waals surface area contributed by atoms with Gasteiger partial charge in [-0.3, -0.25) is 10.1 Å². The van der Waals surface area contributed by atoms with Gasteiger partial charge in [-0.05, 0) is 30.5 Å². The number of hydrogen-bond acceptors (Lipinski definition) is 3. The zero-order chi connectivity index (χ0) is 13.5. The van der Waals surface area contributed by atoms with Crippen LogP contribution in [-0.2, 0) is 4.74 Å². The number of rotatable bonds is 6. The Morgan fingerprint density at radius 3 is 2.67 bits per heavy atom. The number of nitro benzene ring substituents is 1. The van der Waals surface area contributed by atoms with E-state index >= 15 is 0 Å². The van der Waals surface area contributed by atoms with Gasteiger partial charge in [-0.1, -0.05) is 24.8 Å². The lowest BCUT2D eigenvalue weighted by molar-refractivity contribution is -0.384. The van der Waals surface area contributed by atoms with Crippen molar-refractivity contribution in [1.29, 1.82) is 0 Å². The van der Waals surface area contributed by atoms with Gasteiger partial charge in [0.25, 0.3) is 5.69 Å². The third-order valence-corrected chi connectivity index (χ3v) is 2.62. The highest BCUT2D eigenvalue weighted by Gasteiger charge is 2.10. The quantitative estimate of drug-likeness (QED) is 0.438. The van der Waals surface area contributed by atoms with Gasteiger partial charge >= 0.3 is 0 Å². The molecule has 0 spiro atoms. The number of hydrogen-bond donors (Lipinski definition) is 0. The topological polar surface area (TPSA) is 52.4 Å². The smallest absolute Gasteiger partial charge is 0.270 e. The predicted octanol–water partition coefficient (Wildman–Crippen LogP) is 3.60. The van der Waals surface area contributed by atoms with Crippen LogP contribution in [0.25, 0.3) is 12.2 Å². The largest absolute Gasteiger partial charge is 0.378 e. The van der Waals surface area contributed by atoms with E-state index in [1.54, 1.807) is 12.1 Å². The Morgan fingerprint density at radius 1 is 1.44 bits per heavy atom. The minimum atomic E-state index is -0.397. The van der Waals surface area contributed by atoms with E-state index in [0.29, 0.717) is 13.2 Å². The first-order chi connectivity index (χ1) is 8.60. The molecule has 0 N–H and O–H groups in total. The third kappa shape index (κ3) is 3.53. The van der Waals surface area contributed by atoms with E-state index in [1.807, 2.05) is 26.0 Å². The monoisotopic (exact) mass is 247 g/mol. The van der Waals surface area contributed by atoms with Crippen molar-refractivity contribution >= 4 is 17.8 Å². The number of benzene rings is 1. The third-order valence-electron chi connectivity index (χ3n) is 2.62. The van der Waals surface area contributed by atoms with Crippen molar-refractivity contribution in [2.75, 3.05) is 13.2 Å². The average molecular weight is 247 g/mol. The summed E-state index contributed by atoms with van der Waals surface area (Å²) in [5, 5.41) is 10.8. The van der Waals surface area contributed by atoms with Crippen molar-refractivity contribution in [3.8, 4) is 0 Å². The van der Waals surface area contributed by atoms with E-state index in [2.05, 4.69) is 6.58 Å². The Kier molecular flexibility index (Phi) is 5.27. The van der Waals surface area contributed by atoms with Crippen molar-refractivity contribution in [2.45, 2.75) is 13.8 Å². The molecule has 0 atom stereocenters. The van der Waals surface area contributed by atoms with Crippen LogP contribution in [0.15, 0.2) is 24.8 Å². The maximum Gasteiger partial charge on any atom is 0.270 e. The second-order valence-electron chi connectivity index (χ2n) is 3.77. The summed E-state index contributed by atoms with van der Waals surface area (Å²) < 4.78 is 5.19. The molecule has 0 bridgehead atoms. The normalized spacial score (nSPS) is 10.8. The fourth-order valence-corrected chi connectivity index (χ4v) is 1.59. The van der Waals surface area contributed by atoms with E-state index in [4.69, 9.17) is 4.74 Å². The van der Waals surface area contributed by atoms with E-state index in [0.717, 1.165) is 16.7 Å². The van der Waals surface area contributed by atoms with Gasteiger partial charge in [-0.15, -0.1) is 0 Å². The molecule has 0 saturated carbocycles. The average Bonchev–Trinajstić information content (AvgIpc) is 2.36. The van der Waals surface area contributed by atoms with Crippen molar-refractivity contribution < 1.29 is 9.66 Å². The lowest BCUT2D eigenvalue weighted by Gasteiger charge is -2.05. The Hall–Kier alpha value is -1.94. The molecule has 0 heterocycles. The molecule has 0 saturated heterocycles. The summed E-state index contributed by atoms with van der Waals surface area (Å²) in [4.78, 5) is 10.4. The first-order valence-electron chi connectivity index (χ1n) is 5.76. The second-order valence-corrected chi connectivity index (χ2v) is 3.77. The zero-order valence-electron chi connectivity index (χ0n) is 10.7. The molecule has 4 nitrogen and oxygen atoms in total. The maximum atomic E-state index is 10.8. The summed E-state index contributed by atoms with van der Waals surface area (Å²) in [6, 6.07) is 3.09. The lowest BCUT2D eigenvalue weighted by atomic mass is 10.0.